The highest BCUT2D eigenvalue weighted by Crippen LogP contribution is 2.24. The Labute approximate surface area is 158 Å². The second-order valence-corrected chi connectivity index (χ2v) is 6.82. The fraction of sp³-hybridized carbons (Fsp3) is 0.350. The number of ether oxygens (including phenoxy) is 1. The Morgan fingerprint density at radius 2 is 2.00 bits per heavy atom. The Morgan fingerprint density at radius 3 is 2.77 bits per heavy atom. The maximum Gasteiger partial charge on any atom is 0.254 e. The van der Waals surface area contributed by atoms with E-state index in [0.717, 1.165) is 30.8 Å². The molecule has 0 bridgehead atoms. The van der Waals surface area contributed by atoms with Crippen LogP contribution in [0.3, 0.4) is 0 Å². The Kier molecular flexibility index (Phi) is 6.12. The third-order valence-electron chi connectivity index (χ3n) is 4.58. The lowest BCUT2D eigenvalue weighted by molar-refractivity contribution is 0.0760. The van der Waals surface area contributed by atoms with Gasteiger partial charge in [0.25, 0.3) is 5.91 Å². The molecule has 138 valence electrons. The van der Waals surface area contributed by atoms with Gasteiger partial charge in [0, 0.05) is 48.9 Å². The van der Waals surface area contributed by atoms with E-state index in [1.165, 1.54) is 12.1 Å². The maximum absolute atomic E-state index is 13.4. The molecule has 0 N–H and O–H groups in total. The molecular formula is C20H22ClFN2O2. The van der Waals surface area contributed by atoms with Gasteiger partial charge in [-0.3, -0.25) is 9.69 Å². The van der Waals surface area contributed by atoms with Crippen LogP contribution in [0.2, 0.25) is 5.02 Å². The van der Waals surface area contributed by atoms with E-state index in [1.54, 1.807) is 24.1 Å². The number of benzene rings is 2. The number of halogens is 2. The molecule has 0 unspecified atom stereocenters. The minimum atomic E-state index is -0.389. The van der Waals surface area contributed by atoms with Crippen molar-refractivity contribution >= 4 is 17.5 Å². The molecule has 1 aliphatic heterocycles. The lowest BCUT2D eigenvalue weighted by Crippen LogP contribution is -2.35. The van der Waals surface area contributed by atoms with Crippen molar-refractivity contribution in [1.29, 1.82) is 0 Å². The summed E-state index contributed by atoms with van der Waals surface area (Å²) in [7, 11) is 1.65. The standard InChI is InChI=1S/C20H22ClFN2O2/c1-26-19-7-6-17(21)12-16(19)14-23-8-3-9-24(11-10-23)20(25)15-4-2-5-18(22)13-15/h2,4-7,12-13H,3,8-11,14H2,1H3. The highest BCUT2D eigenvalue weighted by Gasteiger charge is 2.21. The molecule has 0 saturated carbocycles. The number of rotatable bonds is 4. The van der Waals surface area contributed by atoms with E-state index in [-0.39, 0.29) is 11.7 Å². The average Bonchev–Trinajstić information content (AvgIpc) is 2.87. The van der Waals surface area contributed by atoms with Gasteiger partial charge in [0.1, 0.15) is 11.6 Å². The van der Waals surface area contributed by atoms with Gasteiger partial charge >= 0.3 is 0 Å². The molecule has 0 spiro atoms. The topological polar surface area (TPSA) is 32.8 Å². The van der Waals surface area contributed by atoms with Crippen LogP contribution in [0.4, 0.5) is 4.39 Å². The summed E-state index contributed by atoms with van der Waals surface area (Å²) >= 11 is 6.11. The smallest absolute Gasteiger partial charge is 0.254 e. The summed E-state index contributed by atoms with van der Waals surface area (Å²) in [6.07, 6.45) is 0.865. The number of hydrogen-bond acceptors (Lipinski definition) is 3. The van der Waals surface area contributed by atoms with Crippen LogP contribution in [-0.4, -0.2) is 49.0 Å². The number of hydrogen-bond donors (Lipinski definition) is 0. The molecule has 6 heteroatoms. The van der Waals surface area contributed by atoms with Crippen LogP contribution in [-0.2, 0) is 6.54 Å². The number of carbonyl (C=O) groups is 1. The highest BCUT2D eigenvalue weighted by atomic mass is 35.5. The van der Waals surface area contributed by atoms with Crippen molar-refractivity contribution in [3.05, 3.63) is 64.4 Å². The van der Waals surface area contributed by atoms with Gasteiger partial charge < -0.3 is 9.64 Å². The molecule has 3 rings (SSSR count). The summed E-state index contributed by atoms with van der Waals surface area (Å²) < 4.78 is 18.8. The summed E-state index contributed by atoms with van der Waals surface area (Å²) in [5.41, 5.74) is 1.43. The minimum absolute atomic E-state index is 0.119. The molecular weight excluding hydrogens is 355 g/mol. The molecule has 0 aromatic heterocycles. The van der Waals surface area contributed by atoms with Gasteiger partial charge in [0.2, 0.25) is 0 Å². The SMILES string of the molecule is COc1ccc(Cl)cc1CN1CCCN(C(=O)c2cccc(F)c2)CC1. The fourth-order valence-electron chi connectivity index (χ4n) is 3.25. The van der Waals surface area contributed by atoms with Crippen LogP contribution in [0.1, 0.15) is 22.3 Å². The predicted octanol–water partition coefficient (Wildman–Crippen LogP) is 3.84. The zero-order chi connectivity index (χ0) is 18.5. The zero-order valence-corrected chi connectivity index (χ0v) is 15.5. The molecule has 2 aromatic carbocycles. The van der Waals surface area contributed by atoms with Gasteiger partial charge in [-0.15, -0.1) is 0 Å². The lowest BCUT2D eigenvalue weighted by atomic mass is 10.2. The van der Waals surface area contributed by atoms with Gasteiger partial charge in [0.05, 0.1) is 7.11 Å². The van der Waals surface area contributed by atoms with Crippen LogP contribution >= 0.6 is 11.6 Å². The molecule has 26 heavy (non-hydrogen) atoms. The van der Waals surface area contributed by atoms with Gasteiger partial charge in [-0.2, -0.15) is 0 Å². The number of methoxy groups -OCH3 is 1. The first-order valence-corrected chi connectivity index (χ1v) is 9.04. The molecule has 2 aromatic rings. The molecule has 4 nitrogen and oxygen atoms in total. The van der Waals surface area contributed by atoms with Crippen LogP contribution in [0.25, 0.3) is 0 Å². The monoisotopic (exact) mass is 376 g/mol. The highest BCUT2D eigenvalue weighted by molar-refractivity contribution is 6.30. The van der Waals surface area contributed by atoms with Crippen LogP contribution in [0.5, 0.6) is 5.75 Å². The third kappa shape index (κ3) is 4.54. The van der Waals surface area contributed by atoms with Crippen molar-refractivity contribution in [3.63, 3.8) is 0 Å². The maximum atomic E-state index is 13.4. The van der Waals surface area contributed by atoms with Crippen LogP contribution in [0.15, 0.2) is 42.5 Å². The normalized spacial score (nSPS) is 15.6. The molecule has 1 fully saturated rings. The molecule has 1 amide bonds. The van der Waals surface area contributed by atoms with Crippen molar-refractivity contribution in [1.82, 2.24) is 9.80 Å². The van der Waals surface area contributed by atoms with Crippen molar-refractivity contribution in [3.8, 4) is 5.75 Å². The van der Waals surface area contributed by atoms with Crippen molar-refractivity contribution in [2.24, 2.45) is 0 Å². The summed E-state index contributed by atoms with van der Waals surface area (Å²) in [4.78, 5) is 16.7. The second-order valence-electron chi connectivity index (χ2n) is 6.39. The van der Waals surface area contributed by atoms with Crippen LogP contribution in [0, 0.1) is 5.82 Å². The van der Waals surface area contributed by atoms with Crippen LogP contribution < -0.4 is 4.74 Å². The lowest BCUT2D eigenvalue weighted by Gasteiger charge is -2.23. The van der Waals surface area contributed by atoms with Gasteiger partial charge in [-0.1, -0.05) is 17.7 Å². The van der Waals surface area contributed by atoms with E-state index in [0.29, 0.717) is 30.2 Å². The Morgan fingerprint density at radius 1 is 1.15 bits per heavy atom. The molecule has 0 atom stereocenters. The van der Waals surface area contributed by atoms with E-state index in [1.807, 2.05) is 18.2 Å². The number of nitrogens with zero attached hydrogens (tertiary/aromatic N) is 2. The van der Waals surface area contributed by atoms with Gasteiger partial charge in [-0.05, 0) is 42.8 Å². The molecule has 0 radical (unpaired) electrons. The fourth-order valence-corrected chi connectivity index (χ4v) is 3.44. The van der Waals surface area contributed by atoms with E-state index < -0.39 is 0 Å². The van der Waals surface area contributed by atoms with E-state index in [2.05, 4.69) is 4.90 Å². The summed E-state index contributed by atoms with van der Waals surface area (Å²) in [5.74, 6) is 0.304. The first-order chi connectivity index (χ1) is 12.6. The molecule has 1 saturated heterocycles. The number of carbonyl (C=O) groups excluding carboxylic acids is 1. The van der Waals surface area contributed by atoms with E-state index in [4.69, 9.17) is 16.3 Å². The summed E-state index contributed by atoms with van der Waals surface area (Å²) in [6.45, 7) is 3.61. The molecule has 0 aliphatic carbocycles. The summed E-state index contributed by atoms with van der Waals surface area (Å²) in [6, 6.07) is 11.5. The minimum Gasteiger partial charge on any atom is -0.496 e. The first kappa shape index (κ1) is 18.7. The van der Waals surface area contributed by atoms with Crippen molar-refractivity contribution < 1.29 is 13.9 Å². The Hall–Kier alpha value is -2.11. The zero-order valence-electron chi connectivity index (χ0n) is 14.8. The van der Waals surface area contributed by atoms with E-state index in [9.17, 15) is 9.18 Å². The Balaban J connectivity index is 1.65. The number of amides is 1. The van der Waals surface area contributed by atoms with E-state index >= 15 is 0 Å². The van der Waals surface area contributed by atoms with Gasteiger partial charge in [0.15, 0.2) is 0 Å². The van der Waals surface area contributed by atoms with Crippen molar-refractivity contribution in [2.75, 3.05) is 33.3 Å². The van der Waals surface area contributed by atoms with Gasteiger partial charge in [-0.25, -0.2) is 4.39 Å². The second kappa shape index (κ2) is 8.52. The molecule has 1 aliphatic rings. The Bertz CT molecular complexity index is 784. The largest absolute Gasteiger partial charge is 0.496 e. The predicted molar refractivity (Wildman–Crippen MR) is 100 cm³/mol. The van der Waals surface area contributed by atoms with Crippen molar-refractivity contribution in [2.45, 2.75) is 13.0 Å². The quantitative estimate of drug-likeness (QED) is 0.812. The summed E-state index contributed by atoms with van der Waals surface area (Å²) in [5, 5.41) is 0.679. The average molecular weight is 377 g/mol. The first-order valence-electron chi connectivity index (χ1n) is 8.66. The third-order valence-corrected chi connectivity index (χ3v) is 4.82. The molecule has 1 heterocycles.